The van der Waals surface area contributed by atoms with Crippen LogP contribution >= 0.6 is 0 Å². The number of hydrogen-bond acceptors (Lipinski definition) is 3. The minimum absolute atomic E-state index is 0.0679. The SMILES string of the molecule is CCN(CC)CC(O)CNc1ccc(F)c(F)c1F. The van der Waals surface area contributed by atoms with Crippen molar-refractivity contribution in [2.45, 2.75) is 20.0 Å². The molecule has 0 fully saturated rings. The summed E-state index contributed by atoms with van der Waals surface area (Å²) in [5, 5.41) is 12.3. The Morgan fingerprint density at radius 1 is 1.16 bits per heavy atom. The van der Waals surface area contributed by atoms with Crippen molar-refractivity contribution in [2.24, 2.45) is 0 Å². The van der Waals surface area contributed by atoms with E-state index in [9.17, 15) is 18.3 Å². The van der Waals surface area contributed by atoms with E-state index in [1.807, 2.05) is 18.7 Å². The van der Waals surface area contributed by atoms with E-state index < -0.39 is 23.6 Å². The van der Waals surface area contributed by atoms with E-state index in [0.717, 1.165) is 25.2 Å². The highest BCUT2D eigenvalue weighted by Crippen LogP contribution is 2.19. The molecule has 108 valence electrons. The minimum Gasteiger partial charge on any atom is -0.390 e. The average molecular weight is 276 g/mol. The lowest BCUT2D eigenvalue weighted by atomic mass is 10.2. The molecule has 0 spiro atoms. The summed E-state index contributed by atoms with van der Waals surface area (Å²) in [6.07, 6.45) is -0.715. The molecule has 19 heavy (non-hydrogen) atoms. The second kappa shape index (κ2) is 7.35. The third kappa shape index (κ3) is 4.40. The standard InChI is InChI=1S/C13H19F3N2O/c1-3-18(4-2)8-9(19)7-17-11-6-5-10(14)12(15)13(11)16/h5-6,9,17,19H,3-4,7-8H2,1-2H3. The van der Waals surface area contributed by atoms with E-state index >= 15 is 0 Å². The van der Waals surface area contributed by atoms with Crippen molar-refractivity contribution in [1.29, 1.82) is 0 Å². The van der Waals surface area contributed by atoms with E-state index in [1.54, 1.807) is 0 Å². The molecule has 1 rings (SSSR count). The van der Waals surface area contributed by atoms with Crippen molar-refractivity contribution in [2.75, 3.05) is 31.5 Å². The summed E-state index contributed by atoms with van der Waals surface area (Å²) in [5.74, 6) is -4.01. The topological polar surface area (TPSA) is 35.5 Å². The van der Waals surface area contributed by atoms with Gasteiger partial charge in [0.25, 0.3) is 0 Å². The molecule has 3 nitrogen and oxygen atoms in total. The normalized spacial score (nSPS) is 12.8. The summed E-state index contributed by atoms with van der Waals surface area (Å²) in [4.78, 5) is 2.01. The zero-order valence-electron chi connectivity index (χ0n) is 11.1. The number of likely N-dealkylation sites (N-methyl/N-ethyl adjacent to an activating group) is 1. The van der Waals surface area contributed by atoms with E-state index in [2.05, 4.69) is 5.32 Å². The Labute approximate surface area is 111 Å². The second-order valence-corrected chi connectivity index (χ2v) is 4.24. The molecular weight excluding hydrogens is 257 g/mol. The predicted molar refractivity (Wildman–Crippen MR) is 68.6 cm³/mol. The van der Waals surface area contributed by atoms with Crippen LogP contribution in [0.2, 0.25) is 0 Å². The molecule has 1 aromatic rings. The van der Waals surface area contributed by atoms with Crippen LogP contribution in [-0.2, 0) is 0 Å². The number of nitrogens with zero attached hydrogens (tertiary/aromatic N) is 1. The number of aliphatic hydroxyl groups is 1. The number of hydrogen-bond donors (Lipinski definition) is 2. The fourth-order valence-electron chi connectivity index (χ4n) is 1.73. The van der Waals surface area contributed by atoms with Crippen LogP contribution in [0.3, 0.4) is 0 Å². The summed E-state index contributed by atoms with van der Waals surface area (Å²) in [7, 11) is 0. The maximum Gasteiger partial charge on any atom is 0.196 e. The van der Waals surface area contributed by atoms with Crippen LogP contribution in [0.1, 0.15) is 13.8 Å². The lowest BCUT2D eigenvalue weighted by Crippen LogP contribution is -2.36. The van der Waals surface area contributed by atoms with Gasteiger partial charge in [-0.05, 0) is 25.2 Å². The van der Waals surface area contributed by atoms with Gasteiger partial charge in [0.15, 0.2) is 17.5 Å². The summed E-state index contributed by atoms with van der Waals surface area (Å²) < 4.78 is 39.0. The third-order valence-corrected chi connectivity index (χ3v) is 2.93. The van der Waals surface area contributed by atoms with Crippen LogP contribution in [0, 0.1) is 17.5 Å². The lowest BCUT2D eigenvalue weighted by molar-refractivity contribution is 0.128. The van der Waals surface area contributed by atoms with Crippen LogP contribution in [0.4, 0.5) is 18.9 Å². The van der Waals surface area contributed by atoms with Crippen LogP contribution < -0.4 is 5.32 Å². The molecule has 0 aliphatic heterocycles. The van der Waals surface area contributed by atoms with Crippen molar-refractivity contribution >= 4 is 5.69 Å². The predicted octanol–water partition coefficient (Wildman–Crippen LogP) is 2.22. The quantitative estimate of drug-likeness (QED) is 0.750. The van der Waals surface area contributed by atoms with E-state index in [0.29, 0.717) is 6.54 Å². The van der Waals surface area contributed by atoms with Gasteiger partial charge in [0, 0.05) is 13.1 Å². The van der Waals surface area contributed by atoms with Gasteiger partial charge in [0.1, 0.15) is 0 Å². The third-order valence-electron chi connectivity index (χ3n) is 2.93. The number of aliphatic hydroxyl groups excluding tert-OH is 1. The molecule has 1 atom stereocenters. The molecule has 0 radical (unpaired) electrons. The number of halogens is 3. The summed E-state index contributed by atoms with van der Waals surface area (Å²) in [5.41, 5.74) is -0.155. The van der Waals surface area contributed by atoms with Crippen LogP contribution in [0.15, 0.2) is 12.1 Å². The molecule has 1 unspecified atom stereocenters. The molecule has 0 saturated heterocycles. The minimum atomic E-state index is -1.51. The van der Waals surface area contributed by atoms with Gasteiger partial charge in [-0.15, -0.1) is 0 Å². The number of benzene rings is 1. The summed E-state index contributed by atoms with van der Waals surface area (Å²) in [6.45, 7) is 6.04. The van der Waals surface area contributed by atoms with Crippen LogP contribution in [-0.4, -0.2) is 42.3 Å². The Balaban J connectivity index is 2.55. The monoisotopic (exact) mass is 276 g/mol. The molecular formula is C13H19F3N2O. The number of nitrogens with one attached hydrogen (secondary N) is 1. The van der Waals surface area contributed by atoms with Gasteiger partial charge in [0.2, 0.25) is 0 Å². The molecule has 0 aliphatic carbocycles. The molecule has 0 bridgehead atoms. The molecule has 0 amide bonds. The van der Waals surface area contributed by atoms with E-state index in [1.165, 1.54) is 0 Å². The first-order valence-electron chi connectivity index (χ1n) is 6.27. The molecule has 0 aromatic heterocycles. The summed E-state index contributed by atoms with van der Waals surface area (Å²) in [6, 6.07) is 1.95. The van der Waals surface area contributed by atoms with Crippen molar-refractivity contribution in [1.82, 2.24) is 4.90 Å². The second-order valence-electron chi connectivity index (χ2n) is 4.24. The van der Waals surface area contributed by atoms with Gasteiger partial charge in [-0.2, -0.15) is 0 Å². The van der Waals surface area contributed by atoms with Crippen molar-refractivity contribution < 1.29 is 18.3 Å². The molecule has 1 aromatic carbocycles. The Kier molecular flexibility index (Phi) is 6.11. The van der Waals surface area contributed by atoms with Gasteiger partial charge in [0.05, 0.1) is 11.8 Å². The van der Waals surface area contributed by atoms with Gasteiger partial charge in [-0.1, -0.05) is 13.8 Å². The molecule has 6 heteroatoms. The summed E-state index contributed by atoms with van der Waals surface area (Å²) >= 11 is 0. The first-order valence-corrected chi connectivity index (χ1v) is 6.27. The Morgan fingerprint density at radius 3 is 2.37 bits per heavy atom. The number of rotatable bonds is 7. The van der Waals surface area contributed by atoms with Gasteiger partial charge in [-0.3, -0.25) is 0 Å². The smallest absolute Gasteiger partial charge is 0.196 e. The van der Waals surface area contributed by atoms with Crippen molar-refractivity contribution in [3.05, 3.63) is 29.6 Å². The van der Waals surface area contributed by atoms with Crippen molar-refractivity contribution in [3.63, 3.8) is 0 Å². The highest BCUT2D eigenvalue weighted by Gasteiger charge is 2.14. The largest absolute Gasteiger partial charge is 0.390 e. The first kappa shape index (κ1) is 15.8. The maximum absolute atomic E-state index is 13.3. The lowest BCUT2D eigenvalue weighted by Gasteiger charge is -2.22. The average Bonchev–Trinajstić information content (AvgIpc) is 2.41. The molecule has 0 saturated carbocycles. The van der Waals surface area contributed by atoms with Gasteiger partial charge < -0.3 is 15.3 Å². The number of anilines is 1. The highest BCUT2D eigenvalue weighted by molar-refractivity contribution is 5.45. The molecule has 0 heterocycles. The molecule has 2 N–H and O–H groups in total. The first-order chi connectivity index (χ1) is 8.99. The highest BCUT2D eigenvalue weighted by atomic mass is 19.2. The Bertz CT molecular complexity index is 411. The van der Waals surface area contributed by atoms with Gasteiger partial charge >= 0.3 is 0 Å². The molecule has 0 aliphatic rings. The van der Waals surface area contributed by atoms with E-state index in [4.69, 9.17) is 0 Å². The van der Waals surface area contributed by atoms with Crippen LogP contribution in [0.25, 0.3) is 0 Å². The van der Waals surface area contributed by atoms with Gasteiger partial charge in [-0.25, -0.2) is 13.2 Å². The van der Waals surface area contributed by atoms with E-state index in [-0.39, 0.29) is 12.2 Å². The Hall–Kier alpha value is -1.27. The zero-order valence-corrected chi connectivity index (χ0v) is 11.1. The van der Waals surface area contributed by atoms with Crippen molar-refractivity contribution in [3.8, 4) is 0 Å². The Morgan fingerprint density at radius 2 is 1.79 bits per heavy atom. The fourth-order valence-corrected chi connectivity index (χ4v) is 1.73. The fraction of sp³-hybridized carbons (Fsp3) is 0.538. The zero-order chi connectivity index (χ0) is 14.4. The van der Waals surface area contributed by atoms with Crippen LogP contribution in [0.5, 0.6) is 0 Å². The maximum atomic E-state index is 13.3.